The average molecular weight is 235 g/mol. The molecule has 0 atom stereocenters. The van der Waals surface area contributed by atoms with Gasteiger partial charge in [0.2, 0.25) is 5.95 Å². The molecule has 0 unspecified atom stereocenters. The van der Waals surface area contributed by atoms with Gasteiger partial charge in [-0.3, -0.25) is 0 Å². The molecule has 0 fully saturated rings. The minimum atomic E-state index is -0.371. The number of hydrogen-bond donors (Lipinski definition) is 2. The molecule has 1 aromatic heterocycles. The van der Waals surface area contributed by atoms with Gasteiger partial charge in [-0.2, -0.15) is 9.49 Å². The van der Waals surface area contributed by atoms with Crippen LogP contribution in [0.5, 0.6) is 5.75 Å². The van der Waals surface area contributed by atoms with Crippen molar-refractivity contribution in [1.29, 1.82) is 0 Å². The third-order valence-electron chi connectivity index (χ3n) is 2.52. The van der Waals surface area contributed by atoms with Gasteiger partial charge < -0.3 is 10.8 Å². The molecule has 0 saturated carbocycles. The Balaban J connectivity index is 2.27. The Labute approximate surface area is 98.5 Å². The molecule has 1 heterocycles. The van der Waals surface area contributed by atoms with Crippen LogP contribution >= 0.6 is 0 Å². The van der Waals surface area contributed by atoms with Crippen LogP contribution < -0.4 is 5.73 Å². The first-order valence-electron chi connectivity index (χ1n) is 5.44. The topological polar surface area (TPSA) is 64.1 Å². The SMILES string of the molecule is NCCCc1cnn(-c2ccc(O)cc2)c1F. The van der Waals surface area contributed by atoms with E-state index in [4.69, 9.17) is 10.8 Å². The van der Waals surface area contributed by atoms with Crippen molar-refractivity contribution in [3.8, 4) is 11.4 Å². The normalized spacial score (nSPS) is 10.7. The van der Waals surface area contributed by atoms with Crippen molar-refractivity contribution in [2.45, 2.75) is 12.8 Å². The van der Waals surface area contributed by atoms with E-state index in [0.29, 0.717) is 24.2 Å². The summed E-state index contributed by atoms with van der Waals surface area (Å²) in [6.07, 6.45) is 2.83. The number of nitrogens with two attached hydrogens (primary N) is 1. The molecule has 2 rings (SSSR count). The molecule has 17 heavy (non-hydrogen) atoms. The highest BCUT2D eigenvalue weighted by atomic mass is 19.1. The molecular formula is C12H14FN3O. The van der Waals surface area contributed by atoms with Crippen molar-refractivity contribution in [1.82, 2.24) is 9.78 Å². The van der Waals surface area contributed by atoms with E-state index in [2.05, 4.69) is 5.10 Å². The highest BCUT2D eigenvalue weighted by Gasteiger charge is 2.11. The van der Waals surface area contributed by atoms with Crippen LogP contribution in [-0.2, 0) is 6.42 Å². The quantitative estimate of drug-likeness (QED) is 0.846. The third-order valence-corrected chi connectivity index (χ3v) is 2.52. The highest BCUT2D eigenvalue weighted by Crippen LogP contribution is 2.17. The number of nitrogens with zero attached hydrogens (tertiary/aromatic N) is 2. The maximum Gasteiger partial charge on any atom is 0.219 e. The second-order valence-corrected chi connectivity index (χ2v) is 3.78. The molecule has 0 aliphatic rings. The summed E-state index contributed by atoms with van der Waals surface area (Å²) < 4.78 is 15.2. The predicted octanol–water partition coefficient (Wildman–Crippen LogP) is 1.61. The summed E-state index contributed by atoms with van der Waals surface area (Å²) in [5.74, 6) is -0.228. The van der Waals surface area contributed by atoms with Gasteiger partial charge in [-0.05, 0) is 43.7 Å². The average Bonchev–Trinajstić information content (AvgIpc) is 2.69. The van der Waals surface area contributed by atoms with Gasteiger partial charge in [0.05, 0.1) is 11.9 Å². The van der Waals surface area contributed by atoms with Gasteiger partial charge in [-0.15, -0.1) is 0 Å². The van der Waals surface area contributed by atoms with E-state index in [1.807, 2.05) is 0 Å². The molecule has 0 saturated heterocycles. The molecule has 2 aromatic rings. The molecule has 0 bridgehead atoms. The lowest BCUT2D eigenvalue weighted by Crippen LogP contribution is -2.03. The van der Waals surface area contributed by atoms with Crippen LogP contribution in [0, 0.1) is 5.95 Å². The maximum atomic E-state index is 13.9. The molecule has 0 aliphatic carbocycles. The van der Waals surface area contributed by atoms with Crippen LogP contribution in [0.2, 0.25) is 0 Å². The van der Waals surface area contributed by atoms with Crippen LogP contribution in [0.3, 0.4) is 0 Å². The summed E-state index contributed by atoms with van der Waals surface area (Å²) in [5.41, 5.74) is 6.53. The van der Waals surface area contributed by atoms with Crippen molar-refractivity contribution < 1.29 is 9.50 Å². The minimum Gasteiger partial charge on any atom is -0.508 e. The lowest BCUT2D eigenvalue weighted by atomic mass is 10.2. The smallest absolute Gasteiger partial charge is 0.219 e. The zero-order valence-electron chi connectivity index (χ0n) is 9.31. The molecule has 0 amide bonds. The van der Waals surface area contributed by atoms with Gasteiger partial charge in [0.25, 0.3) is 0 Å². The molecule has 1 aromatic carbocycles. The summed E-state index contributed by atoms with van der Waals surface area (Å²) in [6, 6.07) is 6.21. The maximum absolute atomic E-state index is 13.9. The summed E-state index contributed by atoms with van der Waals surface area (Å²) in [5, 5.41) is 13.1. The van der Waals surface area contributed by atoms with E-state index in [0.717, 1.165) is 6.42 Å². The van der Waals surface area contributed by atoms with Crippen molar-refractivity contribution in [2.24, 2.45) is 5.73 Å². The van der Waals surface area contributed by atoms with Crippen molar-refractivity contribution in [3.63, 3.8) is 0 Å². The van der Waals surface area contributed by atoms with E-state index in [1.165, 1.54) is 23.0 Å². The number of aryl methyl sites for hydroxylation is 1. The second kappa shape index (κ2) is 4.97. The first-order valence-corrected chi connectivity index (χ1v) is 5.44. The summed E-state index contributed by atoms with van der Waals surface area (Å²) in [7, 11) is 0. The van der Waals surface area contributed by atoms with E-state index in [9.17, 15) is 4.39 Å². The van der Waals surface area contributed by atoms with Gasteiger partial charge in [0, 0.05) is 5.56 Å². The first kappa shape index (κ1) is 11.6. The van der Waals surface area contributed by atoms with Gasteiger partial charge in [0.1, 0.15) is 5.75 Å². The molecule has 90 valence electrons. The zero-order valence-corrected chi connectivity index (χ0v) is 9.31. The third kappa shape index (κ3) is 2.45. The lowest BCUT2D eigenvalue weighted by molar-refractivity contribution is 0.474. The van der Waals surface area contributed by atoms with Crippen LogP contribution in [-0.4, -0.2) is 21.4 Å². The Bertz CT molecular complexity index is 493. The predicted molar refractivity (Wildman–Crippen MR) is 62.6 cm³/mol. The van der Waals surface area contributed by atoms with Gasteiger partial charge in [-0.1, -0.05) is 0 Å². The fourth-order valence-electron chi connectivity index (χ4n) is 1.60. The first-order chi connectivity index (χ1) is 8.22. The largest absolute Gasteiger partial charge is 0.508 e. The van der Waals surface area contributed by atoms with E-state index >= 15 is 0 Å². The van der Waals surface area contributed by atoms with Gasteiger partial charge >= 0.3 is 0 Å². The molecule has 0 spiro atoms. The van der Waals surface area contributed by atoms with Crippen molar-refractivity contribution in [2.75, 3.05) is 6.54 Å². The van der Waals surface area contributed by atoms with E-state index in [1.54, 1.807) is 12.1 Å². The van der Waals surface area contributed by atoms with Crippen LogP contribution in [0.1, 0.15) is 12.0 Å². The summed E-state index contributed by atoms with van der Waals surface area (Å²) in [4.78, 5) is 0. The molecule has 5 heteroatoms. The number of phenolic OH excluding ortho intramolecular Hbond substituents is 1. The molecular weight excluding hydrogens is 221 g/mol. The molecule has 3 N–H and O–H groups in total. The number of hydrogen-bond acceptors (Lipinski definition) is 3. The highest BCUT2D eigenvalue weighted by molar-refractivity contribution is 5.36. The molecule has 4 nitrogen and oxygen atoms in total. The van der Waals surface area contributed by atoms with Crippen LogP contribution in [0.15, 0.2) is 30.5 Å². The summed E-state index contributed by atoms with van der Waals surface area (Å²) in [6.45, 7) is 0.532. The fourth-order valence-corrected chi connectivity index (χ4v) is 1.60. The Morgan fingerprint density at radius 2 is 2.00 bits per heavy atom. The number of aromatic nitrogens is 2. The number of phenols is 1. The standard InChI is InChI=1S/C12H14FN3O/c13-12-9(2-1-7-14)8-15-16(12)10-3-5-11(17)6-4-10/h3-6,8,17H,1-2,7,14H2. The minimum absolute atomic E-state index is 0.143. The molecule has 0 radical (unpaired) electrons. The zero-order chi connectivity index (χ0) is 12.3. The number of rotatable bonds is 4. The Kier molecular flexibility index (Phi) is 3.39. The summed E-state index contributed by atoms with van der Waals surface area (Å²) >= 11 is 0. The van der Waals surface area contributed by atoms with Gasteiger partial charge in [-0.25, -0.2) is 4.68 Å². The van der Waals surface area contributed by atoms with Gasteiger partial charge in [0.15, 0.2) is 0 Å². The fraction of sp³-hybridized carbons (Fsp3) is 0.250. The number of halogens is 1. The van der Waals surface area contributed by atoms with Crippen LogP contribution in [0.4, 0.5) is 4.39 Å². The molecule has 0 aliphatic heterocycles. The Morgan fingerprint density at radius 3 is 2.65 bits per heavy atom. The lowest BCUT2D eigenvalue weighted by Gasteiger charge is -2.02. The number of benzene rings is 1. The van der Waals surface area contributed by atoms with Crippen molar-refractivity contribution in [3.05, 3.63) is 42.0 Å². The Hall–Kier alpha value is -1.88. The van der Waals surface area contributed by atoms with Crippen LogP contribution in [0.25, 0.3) is 5.69 Å². The second-order valence-electron chi connectivity index (χ2n) is 3.78. The monoisotopic (exact) mass is 235 g/mol. The number of aromatic hydroxyl groups is 1. The Morgan fingerprint density at radius 1 is 1.29 bits per heavy atom. The van der Waals surface area contributed by atoms with E-state index < -0.39 is 0 Å². The van der Waals surface area contributed by atoms with Crippen molar-refractivity contribution >= 4 is 0 Å². The van der Waals surface area contributed by atoms with E-state index in [-0.39, 0.29) is 11.7 Å².